The number of carbonyl (C=O) groups is 1. The van der Waals surface area contributed by atoms with Crippen LogP contribution in [0.15, 0.2) is 29.6 Å². The smallest absolute Gasteiger partial charge is 0.251 e. The number of benzene rings is 1. The van der Waals surface area contributed by atoms with Crippen LogP contribution < -0.4 is 11.1 Å². The van der Waals surface area contributed by atoms with E-state index in [-0.39, 0.29) is 5.91 Å². The molecule has 112 valence electrons. The molecule has 0 saturated heterocycles. The second-order valence-electron chi connectivity index (χ2n) is 4.54. The summed E-state index contributed by atoms with van der Waals surface area (Å²) in [6, 6.07) is 7.01. The first kappa shape index (κ1) is 14.1. The van der Waals surface area contributed by atoms with E-state index in [0.29, 0.717) is 23.1 Å². The minimum absolute atomic E-state index is 0.176. The molecule has 0 spiro atoms. The van der Waals surface area contributed by atoms with Gasteiger partial charge in [-0.2, -0.15) is 4.80 Å². The average Bonchev–Trinajstić information content (AvgIpc) is 3.13. The van der Waals surface area contributed by atoms with Gasteiger partial charge in [0.2, 0.25) is 5.82 Å². The Morgan fingerprint density at radius 1 is 1.36 bits per heavy atom. The van der Waals surface area contributed by atoms with Gasteiger partial charge in [0.05, 0.1) is 19.3 Å². The highest BCUT2D eigenvalue weighted by molar-refractivity contribution is 7.13. The first-order valence-corrected chi connectivity index (χ1v) is 7.32. The van der Waals surface area contributed by atoms with Crippen LogP contribution in [0.3, 0.4) is 0 Å². The molecule has 2 heterocycles. The summed E-state index contributed by atoms with van der Waals surface area (Å²) >= 11 is 1.35. The quantitative estimate of drug-likeness (QED) is 0.738. The fourth-order valence-electron chi connectivity index (χ4n) is 1.85. The van der Waals surface area contributed by atoms with Crippen LogP contribution in [0.25, 0.3) is 11.4 Å². The number of carbonyl (C=O) groups excluding carboxylic acids is 1. The number of thiazole rings is 1. The van der Waals surface area contributed by atoms with Gasteiger partial charge in [-0.1, -0.05) is 12.1 Å². The molecule has 3 N–H and O–H groups in total. The van der Waals surface area contributed by atoms with Crippen LogP contribution in [0.2, 0.25) is 0 Å². The Morgan fingerprint density at radius 2 is 2.14 bits per heavy atom. The summed E-state index contributed by atoms with van der Waals surface area (Å²) < 4.78 is 0. The number of rotatable bonds is 4. The summed E-state index contributed by atoms with van der Waals surface area (Å²) in [4.78, 5) is 17.5. The lowest BCUT2D eigenvalue weighted by Gasteiger charge is -2.03. The van der Waals surface area contributed by atoms with Gasteiger partial charge in [0.15, 0.2) is 5.13 Å². The van der Waals surface area contributed by atoms with Gasteiger partial charge in [0, 0.05) is 16.5 Å². The number of nitrogens with zero attached hydrogens (tertiary/aromatic N) is 5. The summed E-state index contributed by atoms with van der Waals surface area (Å²) in [6.07, 6.45) is 0. The molecule has 1 aromatic carbocycles. The Balaban J connectivity index is 1.65. The van der Waals surface area contributed by atoms with Gasteiger partial charge in [-0.25, -0.2) is 4.98 Å². The third-order valence-corrected chi connectivity index (χ3v) is 3.64. The molecule has 0 aliphatic heterocycles. The molecule has 0 aliphatic rings. The monoisotopic (exact) mass is 315 g/mol. The van der Waals surface area contributed by atoms with Crippen molar-refractivity contribution >= 4 is 22.4 Å². The summed E-state index contributed by atoms with van der Waals surface area (Å²) in [5.74, 6) is 0.345. The molecule has 3 rings (SSSR count). The highest BCUT2D eigenvalue weighted by Crippen LogP contribution is 2.15. The lowest BCUT2D eigenvalue weighted by molar-refractivity contribution is 0.0950. The molecule has 1 amide bonds. The Kier molecular flexibility index (Phi) is 3.79. The van der Waals surface area contributed by atoms with Gasteiger partial charge in [-0.15, -0.1) is 21.5 Å². The summed E-state index contributed by atoms with van der Waals surface area (Å²) in [5, 5.41) is 16.9. The maximum Gasteiger partial charge on any atom is 0.251 e. The van der Waals surface area contributed by atoms with E-state index in [1.807, 2.05) is 5.38 Å². The molecule has 0 radical (unpaired) electrons. The van der Waals surface area contributed by atoms with E-state index < -0.39 is 0 Å². The molecule has 8 nitrogen and oxygen atoms in total. The van der Waals surface area contributed by atoms with E-state index in [1.54, 1.807) is 31.3 Å². The van der Waals surface area contributed by atoms with Crippen LogP contribution >= 0.6 is 11.3 Å². The van der Waals surface area contributed by atoms with Crippen molar-refractivity contribution in [3.63, 3.8) is 0 Å². The van der Waals surface area contributed by atoms with Crippen LogP contribution in [-0.2, 0) is 13.6 Å². The maximum absolute atomic E-state index is 12.1. The second-order valence-corrected chi connectivity index (χ2v) is 5.43. The van der Waals surface area contributed by atoms with Crippen molar-refractivity contribution in [2.45, 2.75) is 6.54 Å². The van der Waals surface area contributed by atoms with Crippen molar-refractivity contribution in [2.75, 3.05) is 5.73 Å². The molecular weight excluding hydrogens is 302 g/mol. The number of aromatic nitrogens is 5. The third kappa shape index (κ3) is 3.09. The molecule has 0 bridgehead atoms. The zero-order valence-corrected chi connectivity index (χ0v) is 12.5. The zero-order valence-electron chi connectivity index (χ0n) is 11.7. The lowest BCUT2D eigenvalue weighted by atomic mass is 10.1. The van der Waals surface area contributed by atoms with Gasteiger partial charge in [-0.05, 0) is 17.3 Å². The minimum atomic E-state index is -0.176. The number of amides is 1. The topological polar surface area (TPSA) is 112 Å². The van der Waals surface area contributed by atoms with Crippen molar-refractivity contribution < 1.29 is 4.79 Å². The maximum atomic E-state index is 12.1. The van der Waals surface area contributed by atoms with E-state index >= 15 is 0 Å². The predicted molar refractivity (Wildman–Crippen MR) is 81.9 cm³/mol. The highest BCUT2D eigenvalue weighted by atomic mass is 32.1. The highest BCUT2D eigenvalue weighted by Gasteiger charge is 2.09. The number of tetrazole rings is 1. The Labute approximate surface area is 130 Å². The predicted octanol–water partition coefficient (Wildman–Crippen LogP) is 0.846. The van der Waals surface area contributed by atoms with Crippen LogP contribution in [0.4, 0.5) is 5.13 Å². The molecule has 0 fully saturated rings. The molecule has 0 unspecified atom stereocenters. The number of nitrogens with two attached hydrogens (primary N) is 1. The van der Waals surface area contributed by atoms with E-state index in [0.717, 1.165) is 11.3 Å². The standard InChI is InChI=1S/C13H13N7OS/c1-20-18-11(17-19-20)8-2-4-9(5-3-8)12(21)15-6-10-7-22-13(14)16-10/h2-5,7H,6H2,1H3,(H2,14,16)(H,15,21). The number of nitrogens with one attached hydrogen (secondary N) is 1. The number of hydrogen-bond donors (Lipinski definition) is 2. The summed E-state index contributed by atoms with van der Waals surface area (Å²) in [5.41, 5.74) is 7.65. The summed E-state index contributed by atoms with van der Waals surface area (Å²) in [7, 11) is 1.70. The van der Waals surface area contributed by atoms with Crippen LogP contribution in [-0.4, -0.2) is 31.1 Å². The van der Waals surface area contributed by atoms with Crippen molar-refractivity contribution in [2.24, 2.45) is 7.05 Å². The second kappa shape index (κ2) is 5.90. The Hall–Kier alpha value is -2.81. The normalized spacial score (nSPS) is 10.6. The number of hydrogen-bond acceptors (Lipinski definition) is 7. The van der Waals surface area contributed by atoms with Gasteiger partial charge in [0.25, 0.3) is 5.91 Å². The first-order valence-electron chi connectivity index (χ1n) is 6.44. The van der Waals surface area contributed by atoms with Gasteiger partial charge >= 0.3 is 0 Å². The van der Waals surface area contributed by atoms with Gasteiger partial charge in [-0.3, -0.25) is 4.79 Å². The average molecular weight is 315 g/mol. The molecule has 0 aliphatic carbocycles. The Morgan fingerprint density at radius 3 is 2.73 bits per heavy atom. The van der Waals surface area contributed by atoms with Crippen molar-refractivity contribution in [3.8, 4) is 11.4 Å². The van der Waals surface area contributed by atoms with Crippen molar-refractivity contribution in [1.29, 1.82) is 0 Å². The lowest BCUT2D eigenvalue weighted by Crippen LogP contribution is -2.22. The van der Waals surface area contributed by atoms with Gasteiger partial charge in [0.1, 0.15) is 0 Å². The fraction of sp³-hybridized carbons (Fsp3) is 0.154. The van der Waals surface area contributed by atoms with Gasteiger partial charge < -0.3 is 11.1 Å². The molecule has 3 aromatic rings. The number of aryl methyl sites for hydroxylation is 1. The molecule has 9 heteroatoms. The first-order chi connectivity index (χ1) is 10.6. The van der Waals surface area contributed by atoms with Crippen LogP contribution in [0.1, 0.15) is 16.1 Å². The van der Waals surface area contributed by atoms with E-state index in [9.17, 15) is 4.79 Å². The van der Waals surface area contributed by atoms with Crippen LogP contribution in [0.5, 0.6) is 0 Å². The number of anilines is 1. The van der Waals surface area contributed by atoms with E-state index in [4.69, 9.17) is 5.73 Å². The molecule has 2 aromatic heterocycles. The molecular formula is C13H13N7OS. The Bertz CT molecular complexity index is 793. The third-order valence-electron chi connectivity index (χ3n) is 2.91. The van der Waals surface area contributed by atoms with E-state index in [1.165, 1.54) is 16.1 Å². The minimum Gasteiger partial charge on any atom is -0.375 e. The van der Waals surface area contributed by atoms with Crippen molar-refractivity contribution in [1.82, 2.24) is 30.5 Å². The molecule has 0 saturated carbocycles. The zero-order chi connectivity index (χ0) is 15.5. The van der Waals surface area contributed by atoms with Crippen LogP contribution in [0, 0.1) is 0 Å². The largest absolute Gasteiger partial charge is 0.375 e. The number of nitrogen functional groups attached to an aromatic ring is 1. The SMILES string of the molecule is Cn1nnc(-c2ccc(C(=O)NCc3csc(N)n3)cc2)n1. The van der Waals surface area contributed by atoms with E-state index in [2.05, 4.69) is 25.7 Å². The van der Waals surface area contributed by atoms with Crippen molar-refractivity contribution in [3.05, 3.63) is 40.9 Å². The molecule has 0 atom stereocenters. The molecule has 22 heavy (non-hydrogen) atoms. The summed E-state index contributed by atoms with van der Waals surface area (Å²) in [6.45, 7) is 0.347. The fourth-order valence-corrected chi connectivity index (χ4v) is 2.41.